The SMILES string of the molecule is O=C(C1CCS(=O)(=O)C1)N(CC1CCC1)CC(F)(F)F. The molecule has 1 saturated heterocycles. The summed E-state index contributed by atoms with van der Waals surface area (Å²) in [5.74, 6) is -1.76. The van der Waals surface area contributed by atoms with E-state index in [0.717, 1.165) is 24.2 Å². The van der Waals surface area contributed by atoms with Crippen LogP contribution >= 0.6 is 0 Å². The van der Waals surface area contributed by atoms with Gasteiger partial charge in [0.05, 0.1) is 17.4 Å². The Morgan fingerprint density at radius 2 is 1.85 bits per heavy atom. The highest BCUT2D eigenvalue weighted by Gasteiger charge is 2.40. The van der Waals surface area contributed by atoms with Crippen molar-refractivity contribution >= 4 is 15.7 Å². The average Bonchev–Trinajstić information content (AvgIpc) is 2.59. The van der Waals surface area contributed by atoms with Gasteiger partial charge in [0.25, 0.3) is 0 Å². The van der Waals surface area contributed by atoms with Crippen molar-refractivity contribution in [3.8, 4) is 0 Å². The van der Waals surface area contributed by atoms with Gasteiger partial charge in [-0.2, -0.15) is 13.2 Å². The molecule has 2 rings (SSSR count). The van der Waals surface area contributed by atoms with Crippen LogP contribution in [0.15, 0.2) is 0 Å². The van der Waals surface area contributed by atoms with Gasteiger partial charge in [-0.15, -0.1) is 0 Å². The molecule has 0 radical (unpaired) electrons. The van der Waals surface area contributed by atoms with E-state index in [1.54, 1.807) is 0 Å². The molecule has 116 valence electrons. The molecule has 1 aliphatic heterocycles. The van der Waals surface area contributed by atoms with Crippen LogP contribution in [0, 0.1) is 11.8 Å². The maximum absolute atomic E-state index is 12.6. The standard InChI is InChI=1S/C12H18F3NO3S/c13-12(14,15)8-16(6-9-2-1-3-9)11(17)10-4-5-20(18,19)7-10/h9-10H,1-8H2. The van der Waals surface area contributed by atoms with Gasteiger partial charge in [0.1, 0.15) is 6.54 Å². The van der Waals surface area contributed by atoms with Crippen LogP contribution in [-0.4, -0.2) is 50.0 Å². The molecule has 8 heteroatoms. The van der Waals surface area contributed by atoms with Gasteiger partial charge < -0.3 is 4.90 Å². The van der Waals surface area contributed by atoms with Gasteiger partial charge in [0.2, 0.25) is 5.91 Å². The molecule has 1 unspecified atom stereocenters. The summed E-state index contributed by atoms with van der Waals surface area (Å²) in [7, 11) is -3.27. The van der Waals surface area contributed by atoms with Crippen molar-refractivity contribution in [2.24, 2.45) is 11.8 Å². The molecule has 1 heterocycles. The Morgan fingerprint density at radius 1 is 1.20 bits per heavy atom. The molecule has 0 aromatic rings. The van der Waals surface area contributed by atoms with Crippen molar-refractivity contribution < 1.29 is 26.4 Å². The predicted octanol–water partition coefficient (Wildman–Crippen LogP) is 1.61. The summed E-state index contributed by atoms with van der Waals surface area (Å²) in [6.45, 7) is -1.19. The maximum atomic E-state index is 12.6. The van der Waals surface area contributed by atoms with E-state index in [4.69, 9.17) is 0 Å². The van der Waals surface area contributed by atoms with Crippen molar-refractivity contribution in [3.05, 3.63) is 0 Å². The van der Waals surface area contributed by atoms with Crippen molar-refractivity contribution in [2.75, 3.05) is 24.6 Å². The summed E-state index contributed by atoms with van der Waals surface area (Å²) in [6, 6.07) is 0. The van der Waals surface area contributed by atoms with Crippen molar-refractivity contribution in [2.45, 2.75) is 31.9 Å². The van der Waals surface area contributed by atoms with E-state index in [-0.39, 0.29) is 30.4 Å². The molecule has 0 N–H and O–H groups in total. The van der Waals surface area contributed by atoms with Gasteiger partial charge in [0, 0.05) is 6.54 Å². The smallest absolute Gasteiger partial charge is 0.333 e. The number of carbonyl (C=O) groups excluding carboxylic acids is 1. The highest BCUT2D eigenvalue weighted by Crippen LogP contribution is 2.30. The van der Waals surface area contributed by atoms with E-state index in [1.807, 2.05) is 0 Å². The van der Waals surface area contributed by atoms with Crippen LogP contribution in [0.25, 0.3) is 0 Å². The Morgan fingerprint density at radius 3 is 2.25 bits per heavy atom. The zero-order valence-electron chi connectivity index (χ0n) is 11.0. The third-order valence-electron chi connectivity index (χ3n) is 3.97. The van der Waals surface area contributed by atoms with Crippen LogP contribution in [0.5, 0.6) is 0 Å². The van der Waals surface area contributed by atoms with Crippen LogP contribution in [0.2, 0.25) is 0 Å². The Hall–Kier alpha value is -0.790. The van der Waals surface area contributed by atoms with Gasteiger partial charge in [-0.3, -0.25) is 4.79 Å². The molecule has 1 amide bonds. The van der Waals surface area contributed by atoms with Gasteiger partial charge in [-0.25, -0.2) is 8.42 Å². The number of hydrogen-bond donors (Lipinski definition) is 0. The minimum absolute atomic E-state index is 0.0922. The number of nitrogens with zero attached hydrogens (tertiary/aromatic N) is 1. The highest BCUT2D eigenvalue weighted by molar-refractivity contribution is 7.91. The second kappa shape index (κ2) is 5.54. The molecule has 0 aromatic heterocycles. The summed E-state index contributed by atoms with van der Waals surface area (Å²) in [4.78, 5) is 13.0. The quantitative estimate of drug-likeness (QED) is 0.792. The summed E-state index contributed by atoms with van der Waals surface area (Å²) < 4.78 is 60.4. The number of amides is 1. The average molecular weight is 313 g/mol. The molecule has 20 heavy (non-hydrogen) atoms. The molecule has 4 nitrogen and oxygen atoms in total. The van der Waals surface area contributed by atoms with E-state index >= 15 is 0 Å². The van der Waals surface area contributed by atoms with Crippen LogP contribution in [0.1, 0.15) is 25.7 Å². The summed E-state index contributed by atoms with van der Waals surface area (Å²) in [5.41, 5.74) is 0. The van der Waals surface area contributed by atoms with Crippen LogP contribution in [-0.2, 0) is 14.6 Å². The molecule has 1 atom stereocenters. The fourth-order valence-corrected chi connectivity index (χ4v) is 4.42. The van der Waals surface area contributed by atoms with E-state index in [9.17, 15) is 26.4 Å². The number of carbonyl (C=O) groups is 1. The molecule has 0 spiro atoms. The number of alkyl halides is 3. The van der Waals surface area contributed by atoms with Gasteiger partial charge >= 0.3 is 6.18 Å². The Bertz CT molecular complexity index is 471. The molecule has 1 saturated carbocycles. The first kappa shape index (κ1) is 15.6. The largest absolute Gasteiger partial charge is 0.406 e. The lowest BCUT2D eigenvalue weighted by Crippen LogP contribution is -2.45. The van der Waals surface area contributed by atoms with Crippen molar-refractivity contribution in [3.63, 3.8) is 0 Å². The summed E-state index contributed by atoms with van der Waals surface area (Å²) in [6.07, 6.45) is -1.65. The molecular weight excluding hydrogens is 295 g/mol. The van der Waals surface area contributed by atoms with Gasteiger partial charge in [-0.1, -0.05) is 6.42 Å². The number of hydrogen-bond acceptors (Lipinski definition) is 3. The van der Waals surface area contributed by atoms with Gasteiger partial charge in [0.15, 0.2) is 9.84 Å². The fourth-order valence-electron chi connectivity index (χ4n) is 2.68. The zero-order chi connectivity index (χ0) is 15.0. The molecule has 0 aromatic carbocycles. The zero-order valence-corrected chi connectivity index (χ0v) is 11.8. The predicted molar refractivity (Wildman–Crippen MR) is 66.7 cm³/mol. The second-order valence-electron chi connectivity index (χ2n) is 5.73. The normalized spacial score (nSPS) is 26.2. The van der Waals surface area contributed by atoms with E-state index in [2.05, 4.69) is 0 Å². The summed E-state index contributed by atoms with van der Waals surface area (Å²) in [5, 5.41) is 0. The Kier molecular flexibility index (Phi) is 4.32. The number of halogens is 3. The first-order chi connectivity index (χ1) is 9.16. The first-order valence-corrected chi connectivity index (χ1v) is 8.54. The first-order valence-electron chi connectivity index (χ1n) is 6.72. The lowest BCUT2D eigenvalue weighted by molar-refractivity contribution is -0.165. The van der Waals surface area contributed by atoms with Crippen LogP contribution < -0.4 is 0 Å². The van der Waals surface area contributed by atoms with Crippen LogP contribution in [0.4, 0.5) is 13.2 Å². The summed E-state index contributed by atoms with van der Waals surface area (Å²) >= 11 is 0. The third-order valence-corrected chi connectivity index (χ3v) is 5.73. The minimum atomic E-state index is -4.45. The molecule has 1 aliphatic carbocycles. The monoisotopic (exact) mass is 313 g/mol. The lowest BCUT2D eigenvalue weighted by atomic mass is 9.85. The van der Waals surface area contributed by atoms with E-state index in [0.29, 0.717) is 0 Å². The van der Waals surface area contributed by atoms with Gasteiger partial charge in [-0.05, 0) is 25.2 Å². The van der Waals surface area contributed by atoms with E-state index < -0.39 is 34.4 Å². The Balaban J connectivity index is 2.02. The van der Waals surface area contributed by atoms with Crippen molar-refractivity contribution in [1.29, 1.82) is 0 Å². The molecule has 2 fully saturated rings. The topological polar surface area (TPSA) is 54.5 Å². The molecular formula is C12H18F3NO3S. The lowest BCUT2D eigenvalue weighted by Gasteiger charge is -2.34. The second-order valence-corrected chi connectivity index (χ2v) is 7.96. The Labute approximate surface area is 116 Å². The molecule has 2 aliphatic rings. The van der Waals surface area contributed by atoms with Crippen LogP contribution in [0.3, 0.4) is 0 Å². The van der Waals surface area contributed by atoms with E-state index in [1.165, 1.54) is 0 Å². The fraction of sp³-hybridized carbons (Fsp3) is 0.917. The highest BCUT2D eigenvalue weighted by atomic mass is 32.2. The minimum Gasteiger partial charge on any atom is -0.333 e. The maximum Gasteiger partial charge on any atom is 0.406 e. The third kappa shape index (κ3) is 4.10. The number of sulfone groups is 1. The molecule has 0 bridgehead atoms. The van der Waals surface area contributed by atoms with Crippen molar-refractivity contribution in [1.82, 2.24) is 4.90 Å². The number of rotatable bonds is 4.